The number of ether oxygens (including phenoxy) is 2. The summed E-state index contributed by atoms with van der Waals surface area (Å²) in [6.45, 7) is 3.88. The van der Waals surface area contributed by atoms with E-state index in [1.165, 1.54) is 7.11 Å². The van der Waals surface area contributed by atoms with E-state index in [-0.39, 0.29) is 22.5 Å². The molecule has 0 radical (unpaired) electrons. The van der Waals surface area contributed by atoms with Crippen LogP contribution >= 0.6 is 11.3 Å². The zero-order valence-corrected chi connectivity index (χ0v) is 19.6. The maximum atomic E-state index is 13.3. The number of hydrogen-bond donors (Lipinski definition) is 2. The van der Waals surface area contributed by atoms with Crippen molar-refractivity contribution in [3.8, 4) is 5.75 Å². The Kier molecular flexibility index (Phi) is 7.19. The van der Waals surface area contributed by atoms with Gasteiger partial charge in [0.15, 0.2) is 10.9 Å². The van der Waals surface area contributed by atoms with Gasteiger partial charge in [-0.25, -0.2) is 9.78 Å². The molecule has 0 atom stereocenters. The first-order valence-corrected chi connectivity index (χ1v) is 11.5. The molecule has 10 heteroatoms. The molecule has 2 heterocycles. The summed E-state index contributed by atoms with van der Waals surface area (Å²) in [6.07, 6.45) is 0. The number of para-hydroxylation sites is 1. The molecule has 0 spiro atoms. The minimum atomic E-state index is -0.572. The molecule has 0 saturated carbocycles. The van der Waals surface area contributed by atoms with Crippen LogP contribution in [0, 0.1) is 6.92 Å². The van der Waals surface area contributed by atoms with Crippen molar-refractivity contribution in [2.24, 2.45) is 0 Å². The van der Waals surface area contributed by atoms with Gasteiger partial charge in [0.25, 0.3) is 5.91 Å². The topological polar surface area (TPSA) is 110 Å². The predicted octanol–water partition coefficient (Wildman–Crippen LogP) is 3.81. The number of methoxy groups -OCH3 is 1. The van der Waals surface area contributed by atoms with Gasteiger partial charge in [-0.05, 0) is 31.2 Å². The van der Waals surface area contributed by atoms with Crippen LogP contribution in [0.1, 0.15) is 32.0 Å². The van der Waals surface area contributed by atoms with Gasteiger partial charge < -0.3 is 19.7 Å². The van der Waals surface area contributed by atoms with E-state index in [4.69, 9.17) is 9.47 Å². The standard InChI is InChI=1S/C24H24N4O5S/c1-15-7-8-18(17(13-15)21(29)16-5-3-4-6-20(16)32-2)25-23(31)27-24-26-19(14-34-24)22(30)28-9-11-33-12-10-28/h3-8,13-14H,9-12H2,1-2H3,(H2,25,26,27,31). The van der Waals surface area contributed by atoms with E-state index < -0.39 is 6.03 Å². The third-order valence-electron chi connectivity index (χ3n) is 5.26. The fourth-order valence-corrected chi connectivity index (χ4v) is 4.22. The Labute approximate surface area is 200 Å². The fraction of sp³-hybridized carbons (Fsp3) is 0.250. The molecule has 0 unspecified atom stereocenters. The number of carbonyl (C=O) groups is 3. The number of aromatic nitrogens is 1. The number of morpholine rings is 1. The summed E-state index contributed by atoms with van der Waals surface area (Å²) < 4.78 is 10.6. The molecule has 4 rings (SSSR count). The molecule has 1 saturated heterocycles. The summed E-state index contributed by atoms with van der Waals surface area (Å²) in [6, 6.07) is 11.5. The Morgan fingerprint density at radius 1 is 1.06 bits per heavy atom. The van der Waals surface area contributed by atoms with Crippen molar-refractivity contribution in [1.29, 1.82) is 0 Å². The van der Waals surface area contributed by atoms with Crippen molar-refractivity contribution in [2.75, 3.05) is 44.0 Å². The van der Waals surface area contributed by atoms with Gasteiger partial charge in [0.05, 0.1) is 31.6 Å². The van der Waals surface area contributed by atoms with E-state index in [1.54, 1.807) is 52.7 Å². The molecule has 2 aromatic carbocycles. The molecule has 1 aliphatic rings. The van der Waals surface area contributed by atoms with Crippen LogP contribution in [0.15, 0.2) is 47.8 Å². The van der Waals surface area contributed by atoms with Gasteiger partial charge >= 0.3 is 6.03 Å². The second kappa shape index (κ2) is 10.4. The highest BCUT2D eigenvalue weighted by molar-refractivity contribution is 7.14. The lowest BCUT2D eigenvalue weighted by Crippen LogP contribution is -2.40. The second-order valence-electron chi connectivity index (χ2n) is 7.60. The number of nitrogens with zero attached hydrogens (tertiary/aromatic N) is 2. The summed E-state index contributed by atoms with van der Waals surface area (Å²) in [4.78, 5) is 44.4. The molecule has 1 fully saturated rings. The van der Waals surface area contributed by atoms with E-state index in [9.17, 15) is 14.4 Å². The van der Waals surface area contributed by atoms with Gasteiger partial charge in [-0.1, -0.05) is 23.8 Å². The number of ketones is 1. The molecule has 3 amide bonds. The summed E-state index contributed by atoms with van der Waals surface area (Å²) in [5.74, 6) is -0.0232. The Bertz CT molecular complexity index is 1220. The monoisotopic (exact) mass is 480 g/mol. The van der Waals surface area contributed by atoms with E-state index in [2.05, 4.69) is 15.6 Å². The molecular weight excluding hydrogens is 456 g/mol. The van der Waals surface area contributed by atoms with Crippen LogP contribution in [0.3, 0.4) is 0 Å². The third-order valence-corrected chi connectivity index (χ3v) is 6.02. The number of rotatable bonds is 6. The first kappa shape index (κ1) is 23.4. The molecule has 1 aromatic heterocycles. The molecule has 34 heavy (non-hydrogen) atoms. The summed E-state index contributed by atoms with van der Waals surface area (Å²) in [7, 11) is 1.50. The second-order valence-corrected chi connectivity index (χ2v) is 8.46. The van der Waals surface area contributed by atoms with Crippen LogP contribution < -0.4 is 15.4 Å². The van der Waals surface area contributed by atoms with E-state index in [0.29, 0.717) is 48.9 Å². The highest BCUT2D eigenvalue weighted by atomic mass is 32.1. The molecular formula is C24H24N4O5S. The SMILES string of the molecule is COc1ccccc1C(=O)c1cc(C)ccc1NC(=O)Nc1nc(C(=O)N2CCOCC2)cs1. The van der Waals surface area contributed by atoms with Gasteiger partial charge in [-0.3, -0.25) is 14.9 Å². The number of anilines is 2. The molecule has 176 valence electrons. The first-order valence-electron chi connectivity index (χ1n) is 10.6. The van der Waals surface area contributed by atoms with Crippen LogP contribution in [-0.2, 0) is 4.74 Å². The lowest BCUT2D eigenvalue weighted by Gasteiger charge is -2.25. The maximum absolute atomic E-state index is 13.3. The van der Waals surface area contributed by atoms with Crippen LogP contribution in [0.5, 0.6) is 5.75 Å². The number of thiazole rings is 1. The Hall–Kier alpha value is -3.76. The van der Waals surface area contributed by atoms with E-state index in [0.717, 1.165) is 16.9 Å². The van der Waals surface area contributed by atoms with Crippen molar-refractivity contribution >= 4 is 39.9 Å². The lowest BCUT2D eigenvalue weighted by atomic mass is 9.99. The zero-order chi connectivity index (χ0) is 24.1. The van der Waals surface area contributed by atoms with Gasteiger partial charge in [0, 0.05) is 24.0 Å². The van der Waals surface area contributed by atoms with Crippen molar-refractivity contribution in [3.63, 3.8) is 0 Å². The molecule has 0 bridgehead atoms. The average molecular weight is 481 g/mol. The van der Waals surface area contributed by atoms with Crippen LogP contribution in [0.4, 0.5) is 15.6 Å². The van der Waals surface area contributed by atoms with Crippen LogP contribution in [-0.4, -0.2) is 61.0 Å². The number of aryl methyl sites for hydroxylation is 1. The quantitative estimate of drug-likeness (QED) is 0.519. The van der Waals surface area contributed by atoms with E-state index >= 15 is 0 Å². The first-order chi connectivity index (χ1) is 16.5. The molecule has 3 aromatic rings. The summed E-state index contributed by atoms with van der Waals surface area (Å²) >= 11 is 1.15. The number of carbonyl (C=O) groups excluding carboxylic acids is 3. The van der Waals surface area contributed by atoms with Crippen LogP contribution in [0.25, 0.3) is 0 Å². The van der Waals surface area contributed by atoms with Crippen LogP contribution in [0.2, 0.25) is 0 Å². The Morgan fingerprint density at radius 2 is 1.82 bits per heavy atom. The van der Waals surface area contributed by atoms with Gasteiger partial charge in [0.1, 0.15) is 11.4 Å². The number of benzene rings is 2. The van der Waals surface area contributed by atoms with E-state index in [1.807, 2.05) is 6.92 Å². The van der Waals surface area contributed by atoms with Crippen molar-refractivity contribution < 1.29 is 23.9 Å². The smallest absolute Gasteiger partial charge is 0.325 e. The minimum Gasteiger partial charge on any atom is -0.496 e. The minimum absolute atomic E-state index is 0.198. The Morgan fingerprint density at radius 3 is 2.59 bits per heavy atom. The van der Waals surface area contributed by atoms with Crippen molar-refractivity contribution in [1.82, 2.24) is 9.88 Å². The number of hydrogen-bond acceptors (Lipinski definition) is 7. The van der Waals surface area contributed by atoms with Crippen molar-refractivity contribution in [2.45, 2.75) is 6.92 Å². The largest absolute Gasteiger partial charge is 0.496 e. The number of amides is 3. The van der Waals surface area contributed by atoms with Crippen molar-refractivity contribution in [3.05, 3.63) is 70.2 Å². The third kappa shape index (κ3) is 5.24. The molecule has 9 nitrogen and oxygen atoms in total. The van der Waals surface area contributed by atoms with Gasteiger partial charge in [-0.15, -0.1) is 11.3 Å². The highest BCUT2D eigenvalue weighted by Crippen LogP contribution is 2.26. The van der Waals surface area contributed by atoms with Gasteiger partial charge in [0.2, 0.25) is 0 Å². The lowest BCUT2D eigenvalue weighted by molar-refractivity contribution is 0.0299. The zero-order valence-electron chi connectivity index (χ0n) is 18.8. The number of urea groups is 1. The molecule has 0 aliphatic carbocycles. The molecule has 2 N–H and O–H groups in total. The van der Waals surface area contributed by atoms with Gasteiger partial charge in [-0.2, -0.15) is 0 Å². The highest BCUT2D eigenvalue weighted by Gasteiger charge is 2.22. The molecule has 1 aliphatic heterocycles. The normalized spacial score (nSPS) is 13.3. The summed E-state index contributed by atoms with van der Waals surface area (Å²) in [5.41, 5.74) is 2.22. The maximum Gasteiger partial charge on any atom is 0.325 e. The predicted molar refractivity (Wildman–Crippen MR) is 129 cm³/mol. The fourth-order valence-electron chi connectivity index (χ4n) is 3.54. The average Bonchev–Trinajstić information content (AvgIpc) is 3.33. The number of nitrogens with one attached hydrogen (secondary N) is 2. The Balaban J connectivity index is 1.48. The summed E-state index contributed by atoms with van der Waals surface area (Å²) in [5, 5.41) is 7.24.